The van der Waals surface area contributed by atoms with E-state index >= 15 is 0 Å². The number of hydrogen-bond donors (Lipinski definition) is 2. The maximum absolute atomic E-state index is 12.3. The molecule has 1 aliphatic heterocycles. The van der Waals surface area contributed by atoms with Gasteiger partial charge < -0.3 is 15.4 Å². The normalized spacial score (nSPS) is 20.6. The molecule has 29 heavy (non-hydrogen) atoms. The summed E-state index contributed by atoms with van der Waals surface area (Å²) in [6.07, 6.45) is 1.41. The highest BCUT2D eigenvalue weighted by Gasteiger charge is 2.32. The molecule has 3 rings (SSSR count). The largest absolute Gasteiger partial charge is 0.401 e. The molecule has 0 aliphatic carbocycles. The molecule has 1 saturated heterocycles. The molecule has 2 N–H and O–H groups in total. The van der Waals surface area contributed by atoms with Gasteiger partial charge in [-0.3, -0.25) is 4.90 Å². The van der Waals surface area contributed by atoms with E-state index < -0.39 is 18.3 Å². The summed E-state index contributed by atoms with van der Waals surface area (Å²) >= 11 is 0. The average molecular weight is 410 g/mol. The molecule has 0 amide bonds. The highest BCUT2D eigenvalue weighted by atomic mass is 19.4. The van der Waals surface area contributed by atoms with Gasteiger partial charge in [-0.2, -0.15) is 13.2 Å². The van der Waals surface area contributed by atoms with Crippen LogP contribution in [0.3, 0.4) is 0 Å². The van der Waals surface area contributed by atoms with Crippen LogP contribution in [0.1, 0.15) is 18.9 Å². The second-order valence-electron chi connectivity index (χ2n) is 7.30. The molecule has 0 aromatic carbocycles. The van der Waals surface area contributed by atoms with Crippen molar-refractivity contribution in [2.24, 2.45) is 0 Å². The summed E-state index contributed by atoms with van der Waals surface area (Å²) in [5, 5.41) is 5.47. The Morgan fingerprint density at radius 3 is 2.69 bits per heavy atom. The van der Waals surface area contributed by atoms with Crippen molar-refractivity contribution in [1.82, 2.24) is 25.2 Å². The van der Waals surface area contributed by atoms with E-state index in [1.165, 1.54) is 0 Å². The number of rotatable bonds is 8. The molecule has 0 bridgehead atoms. The van der Waals surface area contributed by atoms with Gasteiger partial charge in [-0.1, -0.05) is 6.07 Å². The molecule has 1 unspecified atom stereocenters. The van der Waals surface area contributed by atoms with Gasteiger partial charge in [0.1, 0.15) is 5.82 Å². The van der Waals surface area contributed by atoms with E-state index in [4.69, 9.17) is 4.74 Å². The van der Waals surface area contributed by atoms with Gasteiger partial charge in [-0.15, -0.1) is 0 Å². The number of nitrogens with one attached hydrogen (secondary N) is 2. The molecule has 10 heteroatoms. The highest BCUT2D eigenvalue weighted by Crippen LogP contribution is 2.23. The lowest BCUT2D eigenvalue weighted by molar-refractivity contribution is -0.127. The lowest BCUT2D eigenvalue weighted by Crippen LogP contribution is -2.51. The zero-order chi connectivity index (χ0) is 20.7. The van der Waals surface area contributed by atoms with Crippen molar-refractivity contribution in [3.63, 3.8) is 0 Å². The molecule has 7 nitrogen and oxygen atoms in total. The van der Waals surface area contributed by atoms with Gasteiger partial charge in [-0.25, -0.2) is 15.0 Å². The molecule has 158 valence electrons. The number of aromatic nitrogens is 3. The summed E-state index contributed by atoms with van der Waals surface area (Å²) in [6.45, 7) is 3.89. The number of hydrogen-bond acceptors (Lipinski definition) is 7. The van der Waals surface area contributed by atoms with E-state index in [9.17, 15) is 13.2 Å². The van der Waals surface area contributed by atoms with E-state index in [-0.39, 0.29) is 6.54 Å². The average Bonchev–Trinajstić information content (AvgIpc) is 2.67. The van der Waals surface area contributed by atoms with Gasteiger partial charge in [0, 0.05) is 38.2 Å². The molecule has 2 aromatic heterocycles. The van der Waals surface area contributed by atoms with Gasteiger partial charge in [0.2, 0.25) is 5.95 Å². The minimum Gasteiger partial charge on any atom is -0.373 e. The summed E-state index contributed by atoms with van der Waals surface area (Å²) in [5.41, 5.74) is 0.570. The van der Waals surface area contributed by atoms with Crippen molar-refractivity contribution < 1.29 is 17.9 Å². The second-order valence-corrected chi connectivity index (χ2v) is 7.30. The highest BCUT2D eigenvalue weighted by molar-refractivity contribution is 5.47. The fourth-order valence-electron chi connectivity index (χ4n) is 3.22. The summed E-state index contributed by atoms with van der Waals surface area (Å²) in [7, 11) is 0. The van der Waals surface area contributed by atoms with Crippen LogP contribution in [-0.4, -0.2) is 64.4 Å². The van der Waals surface area contributed by atoms with Crippen LogP contribution >= 0.6 is 0 Å². The predicted molar refractivity (Wildman–Crippen MR) is 103 cm³/mol. The summed E-state index contributed by atoms with van der Waals surface area (Å²) in [5.74, 6) is 1.14. The first kappa shape index (κ1) is 21.4. The minimum absolute atomic E-state index is 0.257. The summed E-state index contributed by atoms with van der Waals surface area (Å²) in [6, 6.07) is 5.59. The van der Waals surface area contributed by atoms with E-state index in [2.05, 4.69) is 30.5 Å². The third kappa shape index (κ3) is 7.22. The third-order valence-corrected chi connectivity index (χ3v) is 4.61. The molecule has 1 atom stereocenters. The zero-order valence-corrected chi connectivity index (χ0v) is 16.2. The van der Waals surface area contributed by atoms with Crippen LogP contribution in [-0.2, 0) is 11.3 Å². The van der Waals surface area contributed by atoms with E-state index in [1.807, 2.05) is 19.1 Å². The summed E-state index contributed by atoms with van der Waals surface area (Å²) < 4.78 is 42.6. The number of ether oxygens (including phenoxy) is 1. The smallest absolute Gasteiger partial charge is 0.373 e. The number of anilines is 2. The third-order valence-electron chi connectivity index (χ3n) is 4.61. The molecule has 0 spiro atoms. The first-order valence-electron chi connectivity index (χ1n) is 9.44. The van der Waals surface area contributed by atoms with E-state index in [0.29, 0.717) is 37.9 Å². The van der Waals surface area contributed by atoms with Crippen molar-refractivity contribution >= 4 is 11.8 Å². The van der Waals surface area contributed by atoms with Crippen LogP contribution in [0.5, 0.6) is 0 Å². The Hall–Kier alpha value is -2.30. The fraction of sp³-hybridized carbons (Fsp3) is 0.526. The Balaban J connectivity index is 1.48. The quantitative estimate of drug-likeness (QED) is 0.648. The monoisotopic (exact) mass is 410 g/mol. The molecule has 1 aliphatic rings. The minimum atomic E-state index is -4.19. The predicted octanol–water partition coefficient (Wildman–Crippen LogP) is 2.75. The zero-order valence-electron chi connectivity index (χ0n) is 16.2. The molecule has 0 radical (unpaired) electrons. The van der Waals surface area contributed by atoms with Gasteiger partial charge in [0.25, 0.3) is 0 Å². The number of nitrogens with zero attached hydrogens (tertiary/aromatic N) is 4. The standard InChI is InChI=1S/C19H25F3N6O/c1-18(5-8-23-13-19(20,21)22)14-28(9-10-29-18)12-15-3-4-16(26-11-15)27-17-24-6-2-7-25-17/h2-4,6-7,11,23H,5,8-10,12-14H2,1H3,(H,24,25,26,27). The molecule has 2 aromatic rings. The Morgan fingerprint density at radius 1 is 1.21 bits per heavy atom. The lowest BCUT2D eigenvalue weighted by Gasteiger charge is -2.40. The maximum atomic E-state index is 12.3. The van der Waals surface area contributed by atoms with Gasteiger partial charge in [0.15, 0.2) is 0 Å². The SMILES string of the molecule is CC1(CCNCC(F)(F)F)CN(Cc2ccc(Nc3ncccn3)nc2)CCO1. The van der Waals surface area contributed by atoms with Gasteiger partial charge >= 0.3 is 6.18 Å². The second kappa shape index (κ2) is 9.47. The van der Waals surface area contributed by atoms with Gasteiger partial charge in [0.05, 0.1) is 18.8 Å². The van der Waals surface area contributed by atoms with Crippen molar-refractivity contribution in [3.05, 3.63) is 42.4 Å². The molecule has 3 heterocycles. The van der Waals surface area contributed by atoms with E-state index in [0.717, 1.165) is 12.1 Å². The fourth-order valence-corrected chi connectivity index (χ4v) is 3.22. The van der Waals surface area contributed by atoms with E-state index in [1.54, 1.807) is 24.7 Å². The van der Waals surface area contributed by atoms with Crippen LogP contribution in [0.2, 0.25) is 0 Å². The Bertz CT molecular complexity index is 759. The van der Waals surface area contributed by atoms with Gasteiger partial charge in [-0.05, 0) is 37.6 Å². The van der Waals surface area contributed by atoms with Crippen molar-refractivity contribution in [1.29, 1.82) is 0 Å². The van der Waals surface area contributed by atoms with Crippen LogP contribution < -0.4 is 10.6 Å². The molecule has 1 fully saturated rings. The Morgan fingerprint density at radius 2 is 2.00 bits per heavy atom. The first-order chi connectivity index (χ1) is 13.8. The van der Waals surface area contributed by atoms with Crippen molar-refractivity contribution in [2.75, 3.05) is 38.1 Å². The number of pyridine rings is 1. The van der Waals surface area contributed by atoms with Crippen LogP contribution in [0.15, 0.2) is 36.8 Å². The van der Waals surface area contributed by atoms with Crippen LogP contribution in [0, 0.1) is 0 Å². The Labute approximate surface area is 167 Å². The first-order valence-corrected chi connectivity index (χ1v) is 9.44. The van der Waals surface area contributed by atoms with Crippen molar-refractivity contribution in [2.45, 2.75) is 31.7 Å². The number of morpholine rings is 1. The topological polar surface area (TPSA) is 75.2 Å². The molecular formula is C19H25F3N6O. The van der Waals surface area contributed by atoms with Crippen LogP contribution in [0.25, 0.3) is 0 Å². The number of alkyl halides is 3. The molecule has 0 saturated carbocycles. The lowest BCUT2D eigenvalue weighted by atomic mass is 9.99. The number of halogens is 3. The summed E-state index contributed by atoms with van der Waals surface area (Å²) in [4.78, 5) is 14.8. The molecular weight excluding hydrogens is 385 g/mol. The van der Waals surface area contributed by atoms with Crippen LogP contribution in [0.4, 0.5) is 24.9 Å². The van der Waals surface area contributed by atoms with Crippen molar-refractivity contribution in [3.8, 4) is 0 Å². The Kier molecular flexibility index (Phi) is 6.99. The maximum Gasteiger partial charge on any atom is 0.401 e.